The molecule has 5 nitrogen and oxygen atoms in total. The zero-order valence-corrected chi connectivity index (χ0v) is 17.5. The van der Waals surface area contributed by atoms with Gasteiger partial charge < -0.3 is 21.3 Å². The maximum atomic E-state index is 13.2. The van der Waals surface area contributed by atoms with Crippen molar-refractivity contribution in [2.24, 2.45) is 5.92 Å². The molecule has 29 heavy (non-hydrogen) atoms. The molecule has 6 heteroatoms. The number of benzene rings is 2. The van der Waals surface area contributed by atoms with Gasteiger partial charge in [0.1, 0.15) is 5.82 Å². The lowest BCUT2D eigenvalue weighted by atomic mass is 9.87. The molecular weight excluding hydrogens is 367 g/mol. The summed E-state index contributed by atoms with van der Waals surface area (Å²) < 4.78 is 13.2. The van der Waals surface area contributed by atoms with Crippen LogP contribution in [0, 0.1) is 11.7 Å². The molecule has 4 N–H and O–H groups in total. The number of nitrogens with zero attached hydrogens (tertiary/aromatic N) is 1. The fourth-order valence-corrected chi connectivity index (χ4v) is 3.94. The smallest absolute Gasteiger partial charge is 0.253 e. The second kappa shape index (κ2) is 9.16. The van der Waals surface area contributed by atoms with Crippen LogP contribution in [0.4, 0.5) is 21.5 Å². The van der Waals surface area contributed by atoms with Crippen LogP contribution < -0.4 is 21.3 Å². The van der Waals surface area contributed by atoms with Gasteiger partial charge >= 0.3 is 0 Å². The maximum absolute atomic E-state index is 13.2. The Kier molecular flexibility index (Phi) is 6.62. The average Bonchev–Trinajstić information content (AvgIpc) is 2.71. The lowest BCUT2D eigenvalue weighted by molar-refractivity contribution is 0.0923. The van der Waals surface area contributed by atoms with Gasteiger partial charge in [0.25, 0.3) is 5.91 Å². The van der Waals surface area contributed by atoms with E-state index in [9.17, 15) is 9.18 Å². The molecule has 0 aliphatic heterocycles. The summed E-state index contributed by atoms with van der Waals surface area (Å²) in [5, 5.41) is 6.28. The molecule has 0 saturated heterocycles. The van der Waals surface area contributed by atoms with Crippen LogP contribution in [0.15, 0.2) is 36.4 Å². The third-order valence-corrected chi connectivity index (χ3v) is 5.78. The zero-order valence-electron chi connectivity index (χ0n) is 17.5. The van der Waals surface area contributed by atoms with Crippen molar-refractivity contribution >= 4 is 23.0 Å². The van der Waals surface area contributed by atoms with Crippen LogP contribution in [-0.2, 0) is 6.54 Å². The summed E-state index contributed by atoms with van der Waals surface area (Å²) in [6, 6.07) is 10.3. The van der Waals surface area contributed by atoms with E-state index in [1.165, 1.54) is 12.1 Å². The number of hydrogen-bond acceptors (Lipinski definition) is 4. The molecule has 0 bridgehead atoms. The van der Waals surface area contributed by atoms with E-state index in [2.05, 4.69) is 17.6 Å². The largest absolute Gasteiger partial charge is 0.397 e. The number of anilines is 3. The normalized spacial score (nSPS) is 18.9. The highest BCUT2D eigenvalue weighted by Gasteiger charge is 2.23. The molecule has 0 unspecified atom stereocenters. The fraction of sp³-hybridized carbons (Fsp3) is 0.435. The monoisotopic (exact) mass is 398 g/mol. The van der Waals surface area contributed by atoms with Gasteiger partial charge in [0, 0.05) is 26.7 Å². The minimum atomic E-state index is -0.261. The number of carbonyl (C=O) groups excluding carboxylic acids is 1. The summed E-state index contributed by atoms with van der Waals surface area (Å²) >= 11 is 0. The first-order chi connectivity index (χ1) is 13.9. The number of nitrogens with one attached hydrogen (secondary N) is 2. The van der Waals surface area contributed by atoms with E-state index in [-0.39, 0.29) is 17.8 Å². The van der Waals surface area contributed by atoms with Crippen molar-refractivity contribution in [3.05, 3.63) is 53.3 Å². The van der Waals surface area contributed by atoms with E-state index in [0.717, 1.165) is 48.5 Å². The molecule has 2 aromatic carbocycles. The summed E-state index contributed by atoms with van der Waals surface area (Å²) in [7, 11) is 3.73. The minimum Gasteiger partial charge on any atom is -0.397 e. The topological polar surface area (TPSA) is 70.4 Å². The average molecular weight is 399 g/mol. The fourth-order valence-electron chi connectivity index (χ4n) is 3.94. The third kappa shape index (κ3) is 5.19. The Hall–Kier alpha value is -2.76. The lowest BCUT2D eigenvalue weighted by Crippen LogP contribution is -2.38. The van der Waals surface area contributed by atoms with Crippen molar-refractivity contribution in [1.82, 2.24) is 5.32 Å². The number of halogens is 1. The molecule has 1 amide bonds. The van der Waals surface area contributed by atoms with Crippen molar-refractivity contribution in [3.63, 3.8) is 0 Å². The van der Waals surface area contributed by atoms with Gasteiger partial charge in [-0.2, -0.15) is 0 Å². The van der Waals surface area contributed by atoms with Crippen LogP contribution in [0.3, 0.4) is 0 Å². The van der Waals surface area contributed by atoms with Crippen molar-refractivity contribution in [1.29, 1.82) is 0 Å². The number of rotatable bonds is 6. The highest BCUT2D eigenvalue weighted by atomic mass is 19.1. The Morgan fingerprint density at radius 1 is 1.17 bits per heavy atom. The molecule has 156 valence electrons. The van der Waals surface area contributed by atoms with Crippen molar-refractivity contribution in [2.75, 3.05) is 30.0 Å². The van der Waals surface area contributed by atoms with E-state index in [1.807, 2.05) is 18.0 Å². The first-order valence-corrected chi connectivity index (χ1v) is 10.2. The number of nitrogens with two attached hydrogens (primary N) is 1. The second-order valence-electron chi connectivity index (χ2n) is 8.12. The van der Waals surface area contributed by atoms with Crippen LogP contribution in [-0.4, -0.2) is 26.0 Å². The van der Waals surface area contributed by atoms with Gasteiger partial charge in [0.2, 0.25) is 0 Å². The Morgan fingerprint density at radius 3 is 2.45 bits per heavy atom. The Bertz CT molecular complexity index is 845. The summed E-state index contributed by atoms with van der Waals surface area (Å²) in [6.45, 7) is 2.81. The van der Waals surface area contributed by atoms with Gasteiger partial charge in [0.05, 0.1) is 22.6 Å². The van der Waals surface area contributed by atoms with Crippen molar-refractivity contribution < 1.29 is 9.18 Å². The summed E-state index contributed by atoms with van der Waals surface area (Å²) in [4.78, 5) is 15.1. The van der Waals surface area contributed by atoms with E-state index in [1.54, 1.807) is 25.2 Å². The van der Waals surface area contributed by atoms with E-state index >= 15 is 0 Å². The van der Waals surface area contributed by atoms with Gasteiger partial charge in [-0.05, 0) is 61.4 Å². The van der Waals surface area contributed by atoms with Crippen LogP contribution in [0.5, 0.6) is 0 Å². The highest BCUT2D eigenvalue weighted by Crippen LogP contribution is 2.31. The number of nitrogen functional groups attached to an aromatic ring is 1. The van der Waals surface area contributed by atoms with E-state index in [0.29, 0.717) is 17.8 Å². The number of amides is 1. The Morgan fingerprint density at radius 2 is 1.83 bits per heavy atom. The second-order valence-corrected chi connectivity index (χ2v) is 8.12. The molecule has 1 saturated carbocycles. The quantitative estimate of drug-likeness (QED) is 0.631. The van der Waals surface area contributed by atoms with Gasteiger partial charge in [-0.1, -0.05) is 19.1 Å². The Labute approximate surface area is 172 Å². The lowest BCUT2D eigenvalue weighted by Gasteiger charge is -2.28. The minimum absolute atomic E-state index is 0.0973. The van der Waals surface area contributed by atoms with Gasteiger partial charge in [-0.25, -0.2) is 4.39 Å². The first kappa shape index (κ1) is 21.0. The highest BCUT2D eigenvalue weighted by molar-refractivity contribution is 6.02. The summed E-state index contributed by atoms with van der Waals surface area (Å²) in [5.74, 6) is 0.370. The SMILES string of the molecule is CNc1cc(N(C)Cc2ccc(F)cc2)c(C(=O)NC2CCC(C)CC2)cc1N. The molecule has 1 aliphatic carbocycles. The predicted octanol–water partition coefficient (Wildman–Crippen LogP) is 4.39. The van der Waals surface area contributed by atoms with Gasteiger partial charge in [-0.15, -0.1) is 0 Å². The van der Waals surface area contributed by atoms with E-state index in [4.69, 9.17) is 5.73 Å². The van der Waals surface area contributed by atoms with Crippen LogP contribution >= 0.6 is 0 Å². The standard InChI is InChI=1S/C23H31FN4O/c1-15-4-10-18(11-5-15)27-23(29)19-12-20(25)21(26-2)13-22(19)28(3)14-16-6-8-17(24)9-7-16/h6-9,12-13,15,18,26H,4-5,10-11,14,25H2,1-3H3,(H,27,29). The molecule has 0 spiro atoms. The molecular formula is C23H31FN4O. The third-order valence-electron chi connectivity index (χ3n) is 5.78. The van der Waals surface area contributed by atoms with Gasteiger partial charge in [0.15, 0.2) is 0 Å². The molecule has 0 aromatic heterocycles. The maximum Gasteiger partial charge on any atom is 0.253 e. The van der Waals surface area contributed by atoms with Crippen molar-refractivity contribution in [3.8, 4) is 0 Å². The number of hydrogen-bond donors (Lipinski definition) is 3. The van der Waals surface area contributed by atoms with E-state index < -0.39 is 0 Å². The molecule has 2 aromatic rings. The Balaban J connectivity index is 1.84. The molecule has 0 heterocycles. The van der Waals surface area contributed by atoms with Crippen LogP contribution in [0.1, 0.15) is 48.5 Å². The summed E-state index contributed by atoms with van der Waals surface area (Å²) in [6.07, 6.45) is 4.31. The van der Waals surface area contributed by atoms with Crippen LogP contribution in [0.2, 0.25) is 0 Å². The summed E-state index contributed by atoms with van der Waals surface area (Å²) in [5.41, 5.74) is 9.77. The van der Waals surface area contributed by atoms with Crippen LogP contribution in [0.25, 0.3) is 0 Å². The molecule has 0 radical (unpaired) electrons. The predicted molar refractivity (Wildman–Crippen MR) is 118 cm³/mol. The molecule has 3 rings (SSSR count). The zero-order chi connectivity index (χ0) is 21.0. The van der Waals surface area contributed by atoms with Crippen molar-refractivity contribution in [2.45, 2.75) is 45.2 Å². The molecule has 0 atom stereocenters. The molecule has 1 aliphatic rings. The van der Waals surface area contributed by atoms with Gasteiger partial charge in [-0.3, -0.25) is 4.79 Å². The molecule has 1 fully saturated rings. The number of carbonyl (C=O) groups is 1. The first-order valence-electron chi connectivity index (χ1n) is 10.2.